The second-order valence-electron chi connectivity index (χ2n) is 3.33. The molecule has 5 heteroatoms. The Morgan fingerprint density at radius 2 is 2.00 bits per heavy atom. The van der Waals surface area contributed by atoms with Crippen LogP contribution in [0.15, 0.2) is 30.3 Å². The number of rotatable bonds is 4. The Morgan fingerprint density at radius 3 is 2.44 bits per heavy atom. The molecule has 1 aromatic carbocycles. The third-order valence-corrected chi connectivity index (χ3v) is 2.02. The molecule has 0 heterocycles. The van der Waals surface area contributed by atoms with Gasteiger partial charge < -0.3 is 5.73 Å². The normalized spacial score (nSPS) is 11.4. The van der Waals surface area contributed by atoms with E-state index in [1.165, 1.54) is 12.2 Å². The van der Waals surface area contributed by atoms with E-state index in [9.17, 15) is 4.79 Å². The van der Waals surface area contributed by atoms with Gasteiger partial charge in [-0.05, 0) is 12.5 Å². The molecule has 0 aromatic heterocycles. The van der Waals surface area contributed by atoms with E-state index < -0.39 is 6.04 Å². The van der Waals surface area contributed by atoms with Gasteiger partial charge in [0.2, 0.25) is 0 Å². The third kappa shape index (κ3) is 4.18. The molecule has 1 amide bonds. The molecule has 0 unspecified atom stereocenters. The van der Waals surface area contributed by atoms with Crippen LogP contribution in [0.2, 0.25) is 0 Å². The van der Waals surface area contributed by atoms with Crippen LogP contribution in [-0.2, 0) is 16.2 Å². The van der Waals surface area contributed by atoms with Crippen molar-refractivity contribution in [2.75, 3.05) is 7.11 Å². The predicted octanol–water partition coefficient (Wildman–Crippen LogP) is 1.35. The molecule has 0 aliphatic rings. The van der Waals surface area contributed by atoms with Crippen LogP contribution < -0.4 is 5.73 Å². The topological polar surface area (TPSA) is 55.6 Å². The van der Waals surface area contributed by atoms with Crippen molar-refractivity contribution >= 4 is 18.3 Å². The van der Waals surface area contributed by atoms with Crippen molar-refractivity contribution in [1.82, 2.24) is 5.06 Å². The van der Waals surface area contributed by atoms with Gasteiger partial charge in [-0.15, -0.1) is 12.4 Å². The molecule has 2 N–H and O–H groups in total. The molecular formula is C11H17ClN2O2. The quantitative estimate of drug-likeness (QED) is 0.814. The van der Waals surface area contributed by atoms with Crippen LogP contribution >= 0.6 is 12.4 Å². The minimum atomic E-state index is -0.548. The van der Waals surface area contributed by atoms with Crippen LogP contribution in [0.4, 0.5) is 0 Å². The van der Waals surface area contributed by atoms with E-state index in [4.69, 9.17) is 10.6 Å². The van der Waals surface area contributed by atoms with Crippen molar-refractivity contribution in [1.29, 1.82) is 0 Å². The van der Waals surface area contributed by atoms with Gasteiger partial charge in [0.25, 0.3) is 5.91 Å². The summed E-state index contributed by atoms with van der Waals surface area (Å²) in [4.78, 5) is 16.5. The molecule has 4 nitrogen and oxygen atoms in total. The van der Waals surface area contributed by atoms with Gasteiger partial charge in [-0.25, -0.2) is 5.06 Å². The van der Waals surface area contributed by atoms with E-state index in [0.717, 1.165) is 5.56 Å². The van der Waals surface area contributed by atoms with Crippen LogP contribution in [0.5, 0.6) is 0 Å². The van der Waals surface area contributed by atoms with Crippen molar-refractivity contribution in [3.05, 3.63) is 35.9 Å². The zero-order valence-electron chi connectivity index (χ0n) is 9.42. The maximum Gasteiger partial charge on any atom is 0.263 e. The highest BCUT2D eigenvalue weighted by Crippen LogP contribution is 2.05. The monoisotopic (exact) mass is 244 g/mol. The highest BCUT2D eigenvalue weighted by Gasteiger charge is 2.17. The van der Waals surface area contributed by atoms with Gasteiger partial charge in [-0.3, -0.25) is 9.63 Å². The lowest BCUT2D eigenvalue weighted by Gasteiger charge is -2.21. The van der Waals surface area contributed by atoms with Gasteiger partial charge in [-0.2, -0.15) is 0 Å². The summed E-state index contributed by atoms with van der Waals surface area (Å²) < 4.78 is 0. The fourth-order valence-corrected chi connectivity index (χ4v) is 1.21. The van der Waals surface area contributed by atoms with E-state index >= 15 is 0 Å². The summed E-state index contributed by atoms with van der Waals surface area (Å²) in [6, 6.07) is 9.07. The number of hydrogen-bond acceptors (Lipinski definition) is 3. The summed E-state index contributed by atoms with van der Waals surface area (Å²) in [5, 5.41) is 1.26. The van der Waals surface area contributed by atoms with Crippen LogP contribution in [0.25, 0.3) is 0 Å². The van der Waals surface area contributed by atoms with Crippen LogP contribution in [0.1, 0.15) is 12.5 Å². The summed E-state index contributed by atoms with van der Waals surface area (Å²) in [6.45, 7) is 2.05. The maximum atomic E-state index is 11.6. The molecule has 16 heavy (non-hydrogen) atoms. The first-order valence-electron chi connectivity index (χ1n) is 4.80. The van der Waals surface area contributed by atoms with Gasteiger partial charge in [0.05, 0.1) is 19.7 Å². The molecule has 0 saturated carbocycles. The summed E-state index contributed by atoms with van der Waals surface area (Å²) in [7, 11) is 1.46. The number of hydroxylamine groups is 2. The molecule has 90 valence electrons. The standard InChI is InChI=1S/C11H16N2O2.ClH/c1-9(12)11(14)13(15-2)8-10-6-4-3-5-7-10;/h3-7,9H,8,12H2,1-2H3;1H/t9-;/m1./s1. The second kappa shape index (κ2) is 7.22. The number of halogens is 1. The first kappa shape index (κ1) is 14.9. The lowest BCUT2D eigenvalue weighted by atomic mass is 10.2. The van der Waals surface area contributed by atoms with Crippen molar-refractivity contribution in [2.24, 2.45) is 5.73 Å². The highest BCUT2D eigenvalue weighted by atomic mass is 35.5. The zero-order chi connectivity index (χ0) is 11.3. The molecule has 0 aliphatic carbocycles. The first-order chi connectivity index (χ1) is 7.15. The lowest BCUT2D eigenvalue weighted by molar-refractivity contribution is -0.180. The van der Waals surface area contributed by atoms with Crippen molar-refractivity contribution in [2.45, 2.75) is 19.5 Å². The minimum Gasteiger partial charge on any atom is -0.320 e. The Balaban J connectivity index is 0.00000225. The van der Waals surface area contributed by atoms with Crippen LogP contribution in [0, 0.1) is 0 Å². The van der Waals surface area contributed by atoms with E-state index in [2.05, 4.69) is 0 Å². The number of hydrogen-bond donors (Lipinski definition) is 1. The zero-order valence-corrected chi connectivity index (χ0v) is 10.2. The molecular weight excluding hydrogens is 228 g/mol. The summed E-state index contributed by atoms with van der Waals surface area (Å²) in [6.07, 6.45) is 0. The average Bonchev–Trinajstić information content (AvgIpc) is 2.26. The third-order valence-electron chi connectivity index (χ3n) is 2.02. The number of amides is 1. The minimum absolute atomic E-state index is 0. The molecule has 0 radical (unpaired) electrons. The van der Waals surface area contributed by atoms with E-state index in [-0.39, 0.29) is 18.3 Å². The van der Waals surface area contributed by atoms with Crippen molar-refractivity contribution in [3.63, 3.8) is 0 Å². The Bertz CT molecular complexity index is 317. The number of nitrogens with zero attached hydrogens (tertiary/aromatic N) is 1. The largest absolute Gasteiger partial charge is 0.320 e. The van der Waals surface area contributed by atoms with E-state index in [1.807, 2.05) is 30.3 Å². The Labute approximate surface area is 102 Å². The predicted molar refractivity (Wildman–Crippen MR) is 64.9 cm³/mol. The second-order valence-corrected chi connectivity index (χ2v) is 3.33. The molecule has 0 saturated heterocycles. The molecule has 0 fully saturated rings. The van der Waals surface area contributed by atoms with Crippen molar-refractivity contribution in [3.8, 4) is 0 Å². The van der Waals surface area contributed by atoms with E-state index in [1.54, 1.807) is 6.92 Å². The number of benzene rings is 1. The lowest BCUT2D eigenvalue weighted by Crippen LogP contribution is -2.40. The van der Waals surface area contributed by atoms with Gasteiger partial charge in [-0.1, -0.05) is 30.3 Å². The number of carbonyl (C=O) groups excluding carboxylic acids is 1. The molecule has 0 bridgehead atoms. The molecule has 0 aliphatic heterocycles. The van der Waals surface area contributed by atoms with Crippen LogP contribution in [0.3, 0.4) is 0 Å². The van der Waals surface area contributed by atoms with Crippen molar-refractivity contribution < 1.29 is 9.63 Å². The van der Waals surface area contributed by atoms with Gasteiger partial charge in [0.15, 0.2) is 0 Å². The maximum absolute atomic E-state index is 11.6. The Hall–Kier alpha value is -1.10. The molecule has 0 spiro atoms. The summed E-state index contributed by atoms with van der Waals surface area (Å²) in [5.41, 5.74) is 6.50. The summed E-state index contributed by atoms with van der Waals surface area (Å²) in [5.74, 6) is -0.221. The molecule has 1 atom stereocenters. The van der Waals surface area contributed by atoms with Crippen LogP contribution in [-0.4, -0.2) is 24.1 Å². The van der Waals surface area contributed by atoms with Gasteiger partial charge >= 0.3 is 0 Å². The van der Waals surface area contributed by atoms with E-state index in [0.29, 0.717) is 6.54 Å². The smallest absolute Gasteiger partial charge is 0.263 e. The number of nitrogens with two attached hydrogens (primary N) is 1. The molecule has 1 rings (SSSR count). The SMILES string of the molecule is CON(Cc1ccccc1)C(=O)[C@@H](C)N.Cl. The fraction of sp³-hybridized carbons (Fsp3) is 0.364. The highest BCUT2D eigenvalue weighted by molar-refractivity contribution is 5.85. The van der Waals surface area contributed by atoms with Gasteiger partial charge in [0, 0.05) is 0 Å². The Kier molecular flexibility index (Phi) is 6.72. The summed E-state index contributed by atoms with van der Waals surface area (Å²) >= 11 is 0. The fourth-order valence-electron chi connectivity index (χ4n) is 1.21. The molecule has 1 aromatic rings. The average molecular weight is 245 g/mol. The van der Waals surface area contributed by atoms with Gasteiger partial charge in [0.1, 0.15) is 0 Å². The number of carbonyl (C=O) groups is 1. The Morgan fingerprint density at radius 1 is 1.44 bits per heavy atom. The first-order valence-corrected chi connectivity index (χ1v) is 4.80.